The van der Waals surface area contributed by atoms with Gasteiger partial charge in [0.25, 0.3) is 0 Å². The van der Waals surface area contributed by atoms with Crippen LogP contribution in [0.3, 0.4) is 0 Å². The first-order chi connectivity index (χ1) is 6.18. The third kappa shape index (κ3) is 1.22. The minimum Gasteiger partial charge on any atom is -0.476 e. The van der Waals surface area contributed by atoms with E-state index in [-0.39, 0.29) is 5.69 Å². The number of anilines is 1. The zero-order chi connectivity index (χ0) is 9.42. The second-order valence-corrected chi connectivity index (χ2v) is 3.00. The standard InChI is InChI=1S/C8H9N3O2/c1-11-3-2-5-7(11)10-6(4-9-5)8(12)13/h4H,2-3H2,1H3,(H,12,13). The van der Waals surface area contributed by atoms with Gasteiger partial charge in [-0.1, -0.05) is 0 Å². The summed E-state index contributed by atoms with van der Waals surface area (Å²) >= 11 is 0. The highest BCUT2D eigenvalue weighted by Gasteiger charge is 2.20. The zero-order valence-corrected chi connectivity index (χ0v) is 7.19. The molecule has 0 spiro atoms. The van der Waals surface area contributed by atoms with E-state index in [4.69, 9.17) is 5.11 Å². The molecule has 0 radical (unpaired) electrons. The Labute approximate surface area is 75.0 Å². The van der Waals surface area contributed by atoms with Gasteiger partial charge in [0, 0.05) is 20.0 Å². The number of fused-ring (bicyclic) bond motifs is 1. The fraction of sp³-hybridized carbons (Fsp3) is 0.375. The number of hydrogen-bond acceptors (Lipinski definition) is 4. The molecule has 0 aromatic carbocycles. The molecule has 0 fully saturated rings. The van der Waals surface area contributed by atoms with Crippen molar-refractivity contribution in [2.24, 2.45) is 0 Å². The molecule has 2 rings (SSSR count). The van der Waals surface area contributed by atoms with Crippen LogP contribution >= 0.6 is 0 Å². The summed E-state index contributed by atoms with van der Waals surface area (Å²) in [4.78, 5) is 20.5. The first-order valence-corrected chi connectivity index (χ1v) is 3.99. The number of carboxylic acid groups (broad SMARTS) is 1. The molecule has 0 bridgehead atoms. The Hall–Kier alpha value is -1.65. The molecular formula is C8H9N3O2. The SMILES string of the molecule is CN1CCc2ncc(C(=O)O)nc21. The van der Waals surface area contributed by atoms with Crippen LogP contribution in [0.1, 0.15) is 16.2 Å². The predicted octanol–water partition coefficient (Wildman–Crippen LogP) is 0.167. The van der Waals surface area contributed by atoms with E-state index >= 15 is 0 Å². The zero-order valence-electron chi connectivity index (χ0n) is 7.19. The Morgan fingerprint density at radius 3 is 3.15 bits per heavy atom. The summed E-state index contributed by atoms with van der Waals surface area (Å²) in [5.74, 6) is -0.337. The van der Waals surface area contributed by atoms with Crippen LogP contribution in [0.5, 0.6) is 0 Å². The van der Waals surface area contributed by atoms with Gasteiger partial charge in [-0.3, -0.25) is 4.98 Å². The molecular weight excluding hydrogens is 170 g/mol. The molecule has 0 aliphatic carbocycles. The average Bonchev–Trinajstić information content (AvgIpc) is 2.47. The lowest BCUT2D eigenvalue weighted by atomic mass is 10.3. The Balaban J connectivity index is 2.47. The van der Waals surface area contributed by atoms with E-state index in [0.717, 1.165) is 18.7 Å². The maximum Gasteiger partial charge on any atom is 0.356 e. The molecule has 0 amide bonds. The van der Waals surface area contributed by atoms with Gasteiger partial charge in [0.2, 0.25) is 0 Å². The van der Waals surface area contributed by atoms with E-state index in [9.17, 15) is 4.79 Å². The first-order valence-electron chi connectivity index (χ1n) is 3.99. The Morgan fingerprint density at radius 1 is 1.69 bits per heavy atom. The molecule has 5 nitrogen and oxygen atoms in total. The van der Waals surface area contributed by atoms with Crippen LogP contribution < -0.4 is 4.90 Å². The number of nitrogens with zero attached hydrogens (tertiary/aromatic N) is 3. The summed E-state index contributed by atoms with van der Waals surface area (Å²) in [6.45, 7) is 0.860. The normalized spacial score (nSPS) is 14.4. The fourth-order valence-electron chi connectivity index (χ4n) is 1.37. The highest BCUT2D eigenvalue weighted by atomic mass is 16.4. The van der Waals surface area contributed by atoms with Gasteiger partial charge < -0.3 is 10.0 Å². The molecule has 0 atom stereocenters. The van der Waals surface area contributed by atoms with Crippen molar-refractivity contribution in [3.05, 3.63) is 17.6 Å². The summed E-state index contributed by atoms with van der Waals surface area (Å²) in [5, 5.41) is 8.68. The van der Waals surface area contributed by atoms with E-state index in [1.165, 1.54) is 6.20 Å². The van der Waals surface area contributed by atoms with E-state index < -0.39 is 5.97 Å². The molecule has 1 N–H and O–H groups in total. The topological polar surface area (TPSA) is 66.3 Å². The third-order valence-corrected chi connectivity index (χ3v) is 2.09. The Morgan fingerprint density at radius 2 is 2.46 bits per heavy atom. The number of likely N-dealkylation sites (N-methyl/N-ethyl adjacent to an activating group) is 1. The van der Waals surface area contributed by atoms with Crippen molar-refractivity contribution in [3.8, 4) is 0 Å². The maximum atomic E-state index is 10.6. The molecule has 5 heteroatoms. The number of carbonyl (C=O) groups is 1. The summed E-state index contributed by atoms with van der Waals surface area (Å²) < 4.78 is 0. The first kappa shape index (κ1) is 7.97. The summed E-state index contributed by atoms with van der Waals surface area (Å²) in [5.41, 5.74) is 0.889. The van der Waals surface area contributed by atoms with E-state index in [2.05, 4.69) is 9.97 Å². The van der Waals surface area contributed by atoms with Crippen LogP contribution in [-0.2, 0) is 6.42 Å². The Bertz CT molecular complexity index is 364. The van der Waals surface area contributed by atoms with Crippen molar-refractivity contribution in [1.82, 2.24) is 9.97 Å². The third-order valence-electron chi connectivity index (χ3n) is 2.09. The smallest absolute Gasteiger partial charge is 0.356 e. The van der Waals surface area contributed by atoms with Crippen LogP contribution in [0.15, 0.2) is 6.20 Å². The lowest BCUT2D eigenvalue weighted by Gasteiger charge is -2.09. The molecule has 0 unspecified atom stereocenters. The molecule has 13 heavy (non-hydrogen) atoms. The molecule has 0 saturated carbocycles. The average molecular weight is 179 g/mol. The molecule has 1 aromatic heterocycles. The maximum absolute atomic E-state index is 10.6. The van der Waals surface area contributed by atoms with Crippen LogP contribution in [0, 0.1) is 0 Å². The summed E-state index contributed by atoms with van der Waals surface area (Å²) in [7, 11) is 1.88. The minimum absolute atomic E-state index is 0.00694. The predicted molar refractivity (Wildman–Crippen MR) is 46.0 cm³/mol. The number of carboxylic acids is 1. The van der Waals surface area contributed by atoms with Crippen molar-refractivity contribution in [2.75, 3.05) is 18.5 Å². The Kier molecular flexibility index (Phi) is 1.65. The molecule has 1 aromatic rings. The molecule has 1 aliphatic rings. The van der Waals surface area contributed by atoms with Gasteiger partial charge in [0.1, 0.15) is 0 Å². The number of aromatic carboxylic acids is 1. The molecule has 68 valence electrons. The second kappa shape index (κ2) is 2.69. The van der Waals surface area contributed by atoms with Gasteiger partial charge in [-0.25, -0.2) is 9.78 Å². The van der Waals surface area contributed by atoms with E-state index in [1.807, 2.05) is 11.9 Å². The number of hydrogen-bond donors (Lipinski definition) is 1. The van der Waals surface area contributed by atoms with Gasteiger partial charge >= 0.3 is 5.97 Å². The van der Waals surface area contributed by atoms with Crippen LogP contribution in [-0.4, -0.2) is 34.6 Å². The summed E-state index contributed by atoms with van der Waals surface area (Å²) in [6, 6.07) is 0. The molecule has 0 saturated heterocycles. The van der Waals surface area contributed by atoms with Crippen LogP contribution in [0.2, 0.25) is 0 Å². The number of rotatable bonds is 1. The molecule has 2 heterocycles. The largest absolute Gasteiger partial charge is 0.476 e. The van der Waals surface area contributed by atoms with Crippen molar-refractivity contribution >= 4 is 11.8 Å². The van der Waals surface area contributed by atoms with E-state index in [1.54, 1.807) is 0 Å². The van der Waals surface area contributed by atoms with Gasteiger partial charge in [-0.2, -0.15) is 0 Å². The fourth-order valence-corrected chi connectivity index (χ4v) is 1.37. The van der Waals surface area contributed by atoms with Crippen LogP contribution in [0.4, 0.5) is 5.82 Å². The highest BCUT2D eigenvalue weighted by Crippen LogP contribution is 2.21. The minimum atomic E-state index is -1.03. The van der Waals surface area contributed by atoms with Gasteiger partial charge in [0.05, 0.1) is 11.9 Å². The quantitative estimate of drug-likeness (QED) is 0.665. The summed E-state index contributed by atoms with van der Waals surface area (Å²) in [6.07, 6.45) is 2.15. The lowest BCUT2D eigenvalue weighted by Crippen LogP contribution is -2.15. The van der Waals surface area contributed by atoms with Crippen molar-refractivity contribution < 1.29 is 9.90 Å². The van der Waals surface area contributed by atoms with Crippen molar-refractivity contribution in [1.29, 1.82) is 0 Å². The second-order valence-electron chi connectivity index (χ2n) is 3.00. The van der Waals surface area contributed by atoms with Gasteiger partial charge in [-0.15, -0.1) is 0 Å². The highest BCUT2D eigenvalue weighted by molar-refractivity contribution is 5.85. The van der Waals surface area contributed by atoms with Crippen molar-refractivity contribution in [3.63, 3.8) is 0 Å². The monoisotopic (exact) mass is 179 g/mol. The van der Waals surface area contributed by atoms with Gasteiger partial charge in [-0.05, 0) is 0 Å². The molecule has 1 aliphatic heterocycles. The number of aromatic nitrogens is 2. The van der Waals surface area contributed by atoms with Crippen molar-refractivity contribution in [2.45, 2.75) is 6.42 Å². The van der Waals surface area contributed by atoms with Crippen LogP contribution in [0.25, 0.3) is 0 Å². The van der Waals surface area contributed by atoms with Gasteiger partial charge in [0.15, 0.2) is 11.5 Å². The lowest BCUT2D eigenvalue weighted by molar-refractivity contribution is 0.0690. The van der Waals surface area contributed by atoms with E-state index in [0.29, 0.717) is 5.82 Å².